The number of alkyl carbamates (subject to hydrolysis) is 1. The summed E-state index contributed by atoms with van der Waals surface area (Å²) in [6.07, 6.45) is 2.54. The van der Waals surface area contributed by atoms with E-state index in [4.69, 9.17) is 4.74 Å². The largest absolute Gasteiger partial charge is 0.444 e. The minimum atomic E-state index is -0.556. The van der Waals surface area contributed by atoms with Crippen LogP contribution >= 0.6 is 0 Å². The van der Waals surface area contributed by atoms with Crippen LogP contribution in [0.2, 0.25) is 0 Å². The maximum Gasteiger partial charge on any atom is 0.408 e. The van der Waals surface area contributed by atoms with Gasteiger partial charge in [-0.15, -0.1) is 0 Å². The van der Waals surface area contributed by atoms with Crippen molar-refractivity contribution in [1.29, 1.82) is 0 Å². The van der Waals surface area contributed by atoms with E-state index in [-0.39, 0.29) is 5.69 Å². The molecule has 1 saturated carbocycles. The van der Waals surface area contributed by atoms with Gasteiger partial charge in [-0.3, -0.25) is 10.1 Å². The van der Waals surface area contributed by atoms with Crippen LogP contribution in [0.5, 0.6) is 0 Å². The first-order chi connectivity index (χ1) is 15.2. The number of hydrogen-bond acceptors (Lipinski definition) is 5. The molecule has 1 aromatic heterocycles. The van der Waals surface area contributed by atoms with Gasteiger partial charge in [-0.2, -0.15) is 0 Å². The zero-order valence-electron chi connectivity index (χ0n) is 18.3. The van der Waals surface area contributed by atoms with Crippen molar-refractivity contribution in [3.63, 3.8) is 0 Å². The first-order valence-electron chi connectivity index (χ1n) is 10.5. The minimum Gasteiger partial charge on any atom is -0.444 e. The molecule has 0 aliphatic heterocycles. The number of nitro groups is 1. The second-order valence-corrected chi connectivity index (χ2v) is 9.00. The second-order valence-electron chi connectivity index (χ2n) is 9.00. The van der Waals surface area contributed by atoms with Crippen molar-refractivity contribution in [1.82, 2.24) is 10.3 Å². The molecule has 4 rings (SSSR count). The van der Waals surface area contributed by atoms with E-state index in [1.54, 1.807) is 6.07 Å². The molecule has 1 fully saturated rings. The normalized spacial score (nSPS) is 14.5. The molecule has 0 unspecified atom stereocenters. The Kier molecular flexibility index (Phi) is 5.42. The summed E-state index contributed by atoms with van der Waals surface area (Å²) in [5.41, 5.74) is 3.03. The molecule has 0 spiro atoms. The van der Waals surface area contributed by atoms with Gasteiger partial charge >= 0.3 is 6.09 Å². The number of pyridine rings is 1. The van der Waals surface area contributed by atoms with Crippen LogP contribution < -0.4 is 5.32 Å². The lowest BCUT2D eigenvalue weighted by atomic mass is 9.96. The molecule has 1 amide bonds. The number of benzene rings is 2. The summed E-state index contributed by atoms with van der Waals surface area (Å²) in [5, 5.41) is 14.3. The Balaban J connectivity index is 1.64. The van der Waals surface area contributed by atoms with E-state index in [1.165, 1.54) is 6.20 Å². The van der Waals surface area contributed by atoms with Gasteiger partial charge in [0.2, 0.25) is 0 Å². The number of rotatable bonds is 5. The van der Waals surface area contributed by atoms with E-state index < -0.39 is 22.2 Å². The second kappa shape index (κ2) is 8.07. The molecule has 7 heteroatoms. The van der Waals surface area contributed by atoms with E-state index in [0.717, 1.165) is 29.5 Å². The quantitative estimate of drug-likeness (QED) is 0.405. The summed E-state index contributed by atoms with van der Waals surface area (Å²) < 4.78 is 5.41. The molecule has 2 aromatic carbocycles. The van der Waals surface area contributed by atoms with E-state index in [9.17, 15) is 14.9 Å². The van der Waals surface area contributed by atoms with Crippen LogP contribution in [-0.4, -0.2) is 21.6 Å². The number of nitrogens with one attached hydrogen (secondary N) is 1. The molecule has 0 radical (unpaired) electrons. The smallest absolute Gasteiger partial charge is 0.408 e. The monoisotopic (exact) mass is 431 g/mol. The predicted octanol–water partition coefficient (Wildman–Crippen LogP) is 5.84. The highest BCUT2D eigenvalue weighted by Crippen LogP contribution is 2.46. The fourth-order valence-electron chi connectivity index (χ4n) is 3.68. The Morgan fingerprint density at radius 3 is 2.28 bits per heavy atom. The number of amides is 1. The Bertz CT molecular complexity index is 1150. The lowest BCUT2D eigenvalue weighted by Crippen LogP contribution is -2.39. The molecule has 0 bridgehead atoms. The molecular formula is C25H25N3O4. The minimum absolute atomic E-state index is 0.0530. The Morgan fingerprint density at radius 2 is 1.72 bits per heavy atom. The van der Waals surface area contributed by atoms with Gasteiger partial charge in [-0.25, -0.2) is 9.78 Å². The molecule has 7 nitrogen and oxygen atoms in total. The van der Waals surface area contributed by atoms with Gasteiger partial charge in [0.1, 0.15) is 11.8 Å². The zero-order chi connectivity index (χ0) is 22.9. The van der Waals surface area contributed by atoms with Crippen LogP contribution in [0.4, 0.5) is 10.5 Å². The molecule has 164 valence electrons. The van der Waals surface area contributed by atoms with Gasteiger partial charge in [0.25, 0.3) is 5.69 Å². The molecule has 1 heterocycles. The van der Waals surface area contributed by atoms with Crippen LogP contribution in [0, 0.1) is 10.1 Å². The van der Waals surface area contributed by atoms with Gasteiger partial charge in [0, 0.05) is 17.2 Å². The van der Waals surface area contributed by atoms with E-state index in [2.05, 4.69) is 10.3 Å². The third-order valence-corrected chi connectivity index (χ3v) is 5.37. The van der Waals surface area contributed by atoms with Crippen LogP contribution in [0.15, 0.2) is 66.9 Å². The summed E-state index contributed by atoms with van der Waals surface area (Å²) in [6, 6.07) is 18.9. The fraction of sp³-hybridized carbons (Fsp3) is 0.280. The number of aromatic nitrogens is 1. The average Bonchev–Trinajstić information content (AvgIpc) is 3.53. The van der Waals surface area contributed by atoms with Crippen molar-refractivity contribution in [3.8, 4) is 22.4 Å². The molecule has 1 N–H and O–H groups in total. The number of carbonyl (C=O) groups excluding carboxylic acids is 1. The third kappa shape index (κ3) is 4.61. The van der Waals surface area contributed by atoms with Crippen molar-refractivity contribution in [2.24, 2.45) is 0 Å². The van der Waals surface area contributed by atoms with E-state index in [0.29, 0.717) is 11.3 Å². The van der Waals surface area contributed by atoms with Gasteiger partial charge in [-0.1, -0.05) is 54.6 Å². The first kappa shape index (κ1) is 21.5. The van der Waals surface area contributed by atoms with Gasteiger partial charge in [0.15, 0.2) is 0 Å². The van der Waals surface area contributed by atoms with E-state index >= 15 is 0 Å². The van der Waals surface area contributed by atoms with Crippen molar-refractivity contribution in [2.45, 2.75) is 44.8 Å². The number of hydrogen-bond donors (Lipinski definition) is 1. The van der Waals surface area contributed by atoms with E-state index in [1.807, 2.05) is 75.4 Å². The molecular weight excluding hydrogens is 406 g/mol. The Labute approximate surface area is 186 Å². The van der Waals surface area contributed by atoms with Gasteiger partial charge < -0.3 is 10.1 Å². The van der Waals surface area contributed by atoms with Crippen LogP contribution in [-0.2, 0) is 10.3 Å². The summed E-state index contributed by atoms with van der Waals surface area (Å²) in [5.74, 6) is 0. The maximum atomic E-state index is 12.3. The molecule has 3 aromatic rings. The summed E-state index contributed by atoms with van der Waals surface area (Å²) >= 11 is 0. The molecule has 0 saturated heterocycles. The molecule has 0 atom stereocenters. The third-order valence-electron chi connectivity index (χ3n) is 5.37. The van der Waals surface area contributed by atoms with Crippen molar-refractivity contribution in [2.75, 3.05) is 0 Å². The lowest BCUT2D eigenvalue weighted by molar-refractivity contribution is -0.385. The highest BCUT2D eigenvalue weighted by Gasteiger charge is 2.46. The number of ether oxygens (including phenoxy) is 1. The maximum absolute atomic E-state index is 12.3. The van der Waals surface area contributed by atoms with Crippen LogP contribution in [0.25, 0.3) is 22.4 Å². The van der Waals surface area contributed by atoms with Crippen molar-refractivity contribution >= 4 is 11.8 Å². The van der Waals surface area contributed by atoms with Gasteiger partial charge in [0.05, 0.1) is 16.2 Å². The Hall–Kier alpha value is -3.74. The topological polar surface area (TPSA) is 94.4 Å². The number of nitrogens with zero attached hydrogens (tertiary/aromatic N) is 2. The zero-order valence-corrected chi connectivity index (χ0v) is 18.3. The summed E-state index contributed by atoms with van der Waals surface area (Å²) in [7, 11) is 0. The average molecular weight is 431 g/mol. The van der Waals surface area contributed by atoms with Gasteiger partial charge in [-0.05, 0) is 44.7 Å². The highest BCUT2D eigenvalue weighted by molar-refractivity contribution is 5.82. The molecule has 1 aliphatic rings. The standard InChI is InChI=1S/C25H25N3O4/c1-24(2,3)32-23(29)27-25(13-14-25)19-11-9-18(10-12-19)22-21(17-7-5-4-6-8-17)15-20(16-26-22)28(30)31/h4-12,15-16H,13-14H2,1-3H3,(H,27,29). The molecule has 32 heavy (non-hydrogen) atoms. The van der Waals surface area contributed by atoms with Crippen LogP contribution in [0.1, 0.15) is 39.2 Å². The van der Waals surface area contributed by atoms with Crippen molar-refractivity contribution in [3.05, 3.63) is 82.5 Å². The SMILES string of the molecule is CC(C)(C)OC(=O)NC1(c2ccc(-c3ncc([N+](=O)[O-])cc3-c3ccccc3)cc2)CC1. The number of carbonyl (C=O) groups is 1. The predicted molar refractivity (Wildman–Crippen MR) is 122 cm³/mol. The fourth-order valence-corrected chi connectivity index (χ4v) is 3.68. The summed E-state index contributed by atoms with van der Waals surface area (Å²) in [4.78, 5) is 27.5. The Morgan fingerprint density at radius 1 is 1.06 bits per heavy atom. The highest BCUT2D eigenvalue weighted by atomic mass is 16.6. The molecule has 1 aliphatic carbocycles. The van der Waals surface area contributed by atoms with Crippen LogP contribution in [0.3, 0.4) is 0 Å². The summed E-state index contributed by atoms with van der Waals surface area (Å²) in [6.45, 7) is 5.51. The van der Waals surface area contributed by atoms with Crippen molar-refractivity contribution < 1.29 is 14.5 Å². The first-order valence-corrected chi connectivity index (χ1v) is 10.5. The lowest BCUT2D eigenvalue weighted by Gasteiger charge is -2.24.